The molecule has 172 valence electrons. The number of nitrogens with zero attached hydrogens (tertiary/aromatic N) is 2. The first-order valence-electron chi connectivity index (χ1n) is 10.2. The third-order valence-electron chi connectivity index (χ3n) is 5.67. The summed E-state index contributed by atoms with van der Waals surface area (Å²) in [5.41, 5.74) is 0.830. The van der Waals surface area contributed by atoms with Crippen LogP contribution in [0.2, 0.25) is 0 Å². The van der Waals surface area contributed by atoms with Gasteiger partial charge in [-0.05, 0) is 30.3 Å². The van der Waals surface area contributed by atoms with Crippen molar-refractivity contribution >= 4 is 46.5 Å². The Morgan fingerprint density at radius 2 is 1.68 bits per heavy atom. The highest BCUT2D eigenvalue weighted by molar-refractivity contribution is 8.02. The lowest BCUT2D eigenvalue weighted by atomic mass is 10.0. The van der Waals surface area contributed by atoms with Crippen molar-refractivity contribution in [3.8, 4) is 0 Å². The van der Waals surface area contributed by atoms with E-state index in [0.29, 0.717) is 11.3 Å². The van der Waals surface area contributed by atoms with E-state index in [1.165, 1.54) is 29.2 Å². The molecular weight excluding hydrogens is 467 g/mol. The molecule has 10 heteroatoms. The summed E-state index contributed by atoms with van der Waals surface area (Å²) in [5.74, 6) is -4.62. The summed E-state index contributed by atoms with van der Waals surface area (Å²) in [4.78, 5) is 40.2. The lowest BCUT2D eigenvalue weighted by molar-refractivity contribution is -0.124. The molecule has 0 bridgehead atoms. The van der Waals surface area contributed by atoms with Gasteiger partial charge < -0.3 is 5.32 Å². The Labute approximate surface area is 196 Å². The van der Waals surface area contributed by atoms with E-state index >= 15 is 0 Å². The Balaban J connectivity index is 1.53. The second kappa shape index (κ2) is 8.21. The van der Waals surface area contributed by atoms with Crippen LogP contribution in [0.5, 0.6) is 0 Å². The number of nitrogens with one attached hydrogen (secondary N) is 1. The third-order valence-corrected chi connectivity index (χ3v) is 7.06. The van der Waals surface area contributed by atoms with Gasteiger partial charge in [-0.1, -0.05) is 30.3 Å². The topological polar surface area (TPSA) is 69.7 Å². The standard InChI is InChI=1S/C24H16F3N3O3S/c25-16-10-9-14(11-18(16)27)30-22(32)13-34-24(30)15-5-1-4-8-20(15)29(23(24)33)12-21(31)28-19-7-3-2-6-17(19)26/h1-11H,12-13H2,(H,28,31)/t24-/m1/s1. The number of carbonyl (C=O) groups excluding carboxylic acids is 3. The normalized spacial score (nSPS) is 19.1. The number of halogens is 3. The highest BCUT2D eigenvalue weighted by atomic mass is 32.2. The Bertz CT molecular complexity index is 1350. The van der Waals surface area contributed by atoms with Crippen molar-refractivity contribution in [2.75, 3.05) is 27.4 Å². The number of rotatable bonds is 4. The second-order valence-electron chi connectivity index (χ2n) is 7.70. The van der Waals surface area contributed by atoms with E-state index < -0.39 is 46.6 Å². The number of thioether (sulfide) groups is 1. The summed E-state index contributed by atoms with van der Waals surface area (Å²) in [6, 6.07) is 15.3. The van der Waals surface area contributed by atoms with E-state index in [1.54, 1.807) is 30.3 Å². The molecule has 0 saturated carbocycles. The minimum absolute atomic E-state index is 0.0229. The van der Waals surface area contributed by atoms with Crippen molar-refractivity contribution in [2.24, 2.45) is 0 Å². The fourth-order valence-electron chi connectivity index (χ4n) is 4.23. The largest absolute Gasteiger partial charge is 0.322 e. The monoisotopic (exact) mass is 483 g/mol. The molecular formula is C24H16F3N3O3S. The average molecular weight is 483 g/mol. The maximum absolute atomic E-state index is 14.0. The van der Waals surface area contributed by atoms with Crippen LogP contribution in [-0.4, -0.2) is 30.0 Å². The Morgan fingerprint density at radius 1 is 0.941 bits per heavy atom. The Morgan fingerprint density at radius 3 is 2.44 bits per heavy atom. The van der Waals surface area contributed by atoms with Crippen molar-refractivity contribution in [2.45, 2.75) is 4.87 Å². The zero-order valence-corrected chi connectivity index (χ0v) is 18.2. The number of para-hydroxylation sites is 2. The van der Waals surface area contributed by atoms with E-state index in [0.717, 1.165) is 28.8 Å². The smallest absolute Gasteiger partial charge is 0.269 e. The molecule has 34 heavy (non-hydrogen) atoms. The molecule has 0 radical (unpaired) electrons. The molecule has 3 aromatic rings. The molecule has 2 heterocycles. The number of hydrogen-bond acceptors (Lipinski definition) is 4. The van der Waals surface area contributed by atoms with Gasteiger partial charge >= 0.3 is 0 Å². The van der Waals surface area contributed by atoms with Crippen LogP contribution in [0.4, 0.5) is 30.2 Å². The number of hydrogen-bond donors (Lipinski definition) is 1. The molecule has 1 fully saturated rings. The summed E-state index contributed by atoms with van der Waals surface area (Å²) in [6.45, 7) is -0.438. The van der Waals surface area contributed by atoms with Crippen molar-refractivity contribution in [3.05, 3.63) is 89.7 Å². The van der Waals surface area contributed by atoms with Crippen LogP contribution in [0, 0.1) is 17.5 Å². The van der Waals surface area contributed by atoms with Gasteiger partial charge in [0.05, 0.1) is 17.1 Å². The van der Waals surface area contributed by atoms with E-state index in [1.807, 2.05) is 0 Å². The number of fused-ring (bicyclic) bond motifs is 2. The molecule has 1 saturated heterocycles. The predicted molar refractivity (Wildman–Crippen MR) is 122 cm³/mol. The van der Waals surface area contributed by atoms with Gasteiger partial charge in [-0.25, -0.2) is 13.2 Å². The van der Waals surface area contributed by atoms with Gasteiger partial charge in [0.2, 0.25) is 16.7 Å². The summed E-state index contributed by atoms with van der Waals surface area (Å²) in [5, 5.41) is 2.45. The van der Waals surface area contributed by atoms with Crippen LogP contribution < -0.4 is 15.1 Å². The van der Waals surface area contributed by atoms with Gasteiger partial charge in [0.15, 0.2) is 11.6 Å². The highest BCUT2D eigenvalue weighted by Crippen LogP contribution is 2.55. The van der Waals surface area contributed by atoms with Crippen LogP contribution in [0.25, 0.3) is 0 Å². The van der Waals surface area contributed by atoms with Crippen molar-refractivity contribution in [3.63, 3.8) is 0 Å². The van der Waals surface area contributed by atoms with E-state index in [2.05, 4.69) is 5.32 Å². The first-order valence-corrected chi connectivity index (χ1v) is 11.2. The van der Waals surface area contributed by atoms with Crippen molar-refractivity contribution in [1.29, 1.82) is 0 Å². The minimum atomic E-state index is -1.59. The molecule has 3 amide bonds. The molecule has 0 unspecified atom stereocenters. The molecule has 1 N–H and O–H groups in total. The van der Waals surface area contributed by atoms with E-state index in [4.69, 9.17) is 0 Å². The van der Waals surface area contributed by atoms with Gasteiger partial charge in [-0.2, -0.15) is 0 Å². The molecule has 2 aliphatic heterocycles. The van der Waals surface area contributed by atoms with Crippen molar-refractivity contribution < 1.29 is 27.6 Å². The summed E-state index contributed by atoms with van der Waals surface area (Å²) in [6.07, 6.45) is 0. The fraction of sp³-hybridized carbons (Fsp3) is 0.125. The number of benzene rings is 3. The van der Waals surface area contributed by atoms with E-state index in [9.17, 15) is 27.6 Å². The average Bonchev–Trinajstić information content (AvgIpc) is 3.28. The summed E-state index contributed by atoms with van der Waals surface area (Å²) >= 11 is 1.04. The Kier molecular flexibility index (Phi) is 5.32. The zero-order chi connectivity index (χ0) is 24.0. The molecule has 0 aliphatic carbocycles. The fourth-order valence-corrected chi connectivity index (χ4v) is 5.59. The van der Waals surface area contributed by atoms with Crippen molar-refractivity contribution in [1.82, 2.24) is 0 Å². The molecule has 5 rings (SSSR count). The molecule has 2 aliphatic rings. The van der Waals surface area contributed by atoms with Crippen LogP contribution in [0.3, 0.4) is 0 Å². The van der Waals surface area contributed by atoms with Gasteiger partial charge in [0.1, 0.15) is 12.4 Å². The lowest BCUT2D eigenvalue weighted by Gasteiger charge is -2.33. The van der Waals surface area contributed by atoms with E-state index in [-0.39, 0.29) is 17.1 Å². The lowest BCUT2D eigenvalue weighted by Crippen LogP contribution is -2.51. The SMILES string of the molecule is O=C(CN1C(=O)[C@]2(SCC(=O)N2c2ccc(F)c(F)c2)c2ccccc21)Nc1ccccc1F. The van der Waals surface area contributed by atoms with Gasteiger partial charge in [0.25, 0.3) is 5.91 Å². The molecule has 1 spiro atoms. The number of amides is 3. The number of anilines is 3. The first-order chi connectivity index (χ1) is 16.3. The van der Waals surface area contributed by atoms with Crippen LogP contribution in [-0.2, 0) is 19.3 Å². The minimum Gasteiger partial charge on any atom is -0.322 e. The van der Waals surface area contributed by atoms with Crippen LogP contribution in [0.15, 0.2) is 66.7 Å². The first kappa shape index (κ1) is 22.0. The quantitative estimate of drug-likeness (QED) is 0.609. The highest BCUT2D eigenvalue weighted by Gasteiger charge is 2.61. The second-order valence-corrected chi connectivity index (χ2v) is 8.86. The maximum atomic E-state index is 14.0. The van der Waals surface area contributed by atoms with Gasteiger partial charge in [-0.15, -0.1) is 11.8 Å². The molecule has 0 aromatic heterocycles. The molecule has 1 atom stereocenters. The Hall–Kier alpha value is -3.79. The molecule has 3 aromatic carbocycles. The zero-order valence-electron chi connectivity index (χ0n) is 17.4. The number of carbonyl (C=O) groups is 3. The maximum Gasteiger partial charge on any atom is 0.269 e. The van der Waals surface area contributed by atoms with Crippen LogP contribution in [0.1, 0.15) is 5.56 Å². The summed E-state index contributed by atoms with van der Waals surface area (Å²) < 4.78 is 41.5. The predicted octanol–water partition coefficient (Wildman–Crippen LogP) is 4.02. The van der Waals surface area contributed by atoms with Crippen LogP contribution >= 0.6 is 11.8 Å². The van der Waals surface area contributed by atoms with Gasteiger partial charge in [-0.3, -0.25) is 24.2 Å². The van der Waals surface area contributed by atoms with Gasteiger partial charge in [0, 0.05) is 17.3 Å². The summed E-state index contributed by atoms with van der Waals surface area (Å²) in [7, 11) is 0. The molecule has 6 nitrogen and oxygen atoms in total. The third kappa shape index (κ3) is 3.33.